The summed E-state index contributed by atoms with van der Waals surface area (Å²) in [6, 6.07) is 0. The fraction of sp³-hybridized carbons (Fsp3) is 1.00. The van der Waals surface area contributed by atoms with Crippen LogP contribution < -0.4 is 0 Å². The van der Waals surface area contributed by atoms with Gasteiger partial charge in [-0.2, -0.15) is 0 Å². The molecule has 2 aliphatic rings. The summed E-state index contributed by atoms with van der Waals surface area (Å²) in [5, 5.41) is 9.68. The summed E-state index contributed by atoms with van der Waals surface area (Å²) < 4.78 is 5.52. The Bertz CT molecular complexity index is 275. The van der Waals surface area contributed by atoms with Gasteiger partial charge in [0.2, 0.25) is 0 Å². The number of hydrogen-bond donors (Lipinski definition) is 1. The summed E-state index contributed by atoms with van der Waals surface area (Å²) in [5.41, 5.74) is 0. The van der Waals surface area contributed by atoms with Gasteiger partial charge in [-0.3, -0.25) is 0 Å². The van der Waals surface area contributed by atoms with Crippen LogP contribution in [0.4, 0.5) is 0 Å². The van der Waals surface area contributed by atoms with E-state index in [-0.39, 0.29) is 6.10 Å². The maximum absolute atomic E-state index is 9.68. The van der Waals surface area contributed by atoms with Crippen LogP contribution in [0.15, 0.2) is 0 Å². The second-order valence-corrected chi connectivity index (χ2v) is 7.72. The van der Waals surface area contributed by atoms with Crippen molar-refractivity contribution in [3.05, 3.63) is 0 Å². The highest BCUT2D eigenvalue weighted by molar-refractivity contribution is 4.82. The normalized spacial score (nSPS) is 37.1. The first kappa shape index (κ1) is 17.3. The minimum absolute atomic E-state index is 0.0141. The molecule has 2 unspecified atom stereocenters. The molecule has 2 atom stereocenters. The van der Waals surface area contributed by atoms with Gasteiger partial charge in [-0.1, -0.05) is 20.3 Å². The zero-order chi connectivity index (χ0) is 15.2. The highest BCUT2D eigenvalue weighted by Gasteiger charge is 2.30. The largest absolute Gasteiger partial charge is 0.393 e. The molecule has 2 saturated carbocycles. The van der Waals surface area contributed by atoms with Crippen LogP contribution in [0, 0.1) is 23.7 Å². The third kappa shape index (κ3) is 4.96. The topological polar surface area (TPSA) is 29.5 Å². The van der Waals surface area contributed by atoms with Gasteiger partial charge < -0.3 is 9.84 Å². The van der Waals surface area contributed by atoms with Crippen LogP contribution in [0.1, 0.15) is 78.1 Å². The monoisotopic (exact) mass is 296 g/mol. The van der Waals surface area contributed by atoms with Crippen molar-refractivity contribution in [2.75, 3.05) is 7.11 Å². The lowest BCUT2D eigenvalue weighted by molar-refractivity contribution is 0.0391. The molecule has 21 heavy (non-hydrogen) atoms. The maximum Gasteiger partial charge on any atom is 0.0571 e. The van der Waals surface area contributed by atoms with Crippen LogP contribution in [0.5, 0.6) is 0 Å². The fourth-order valence-corrected chi connectivity index (χ4v) is 4.83. The summed E-state index contributed by atoms with van der Waals surface area (Å²) in [4.78, 5) is 0. The van der Waals surface area contributed by atoms with Crippen molar-refractivity contribution in [2.45, 2.75) is 90.3 Å². The number of rotatable bonds is 6. The molecule has 0 aromatic rings. The van der Waals surface area contributed by atoms with E-state index in [1.807, 2.05) is 7.11 Å². The number of ether oxygens (including phenoxy) is 1. The summed E-state index contributed by atoms with van der Waals surface area (Å²) in [5.74, 6) is 3.53. The lowest BCUT2D eigenvalue weighted by Gasteiger charge is -2.37. The Morgan fingerprint density at radius 2 is 1.52 bits per heavy atom. The minimum Gasteiger partial charge on any atom is -0.393 e. The third-order valence-corrected chi connectivity index (χ3v) is 6.46. The molecular formula is C19H36O2. The van der Waals surface area contributed by atoms with E-state index in [0.717, 1.165) is 36.5 Å². The molecule has 0 aromatic heterocycles. The molecular weight excluding hydrogens is 260 g/mol. The quantitative estimate of drug-likeness (QED) is 0.763. The Morgan fingerprint density at radius 3 is 2.05 bits per heavy atom. The van der Waals surface area contributed by atoms with E-state index in [0.29, 0.717) is 6.10 Å². The van der Waals surface area contributed by atoms with Gasteiger partial charge in [0.1, 0.15) is 0 Å². The van der Waals surface area contributed by atoms with Gasteiger partial charge >= 0.3 is 0 Å². The molecule has 2 rings (SSSR count). The molecule has 0 aliphatic heterocycles. The SMILES string of the molecule is CCC(CC(C)C1CCC(O)CC1)C1CCC(OC)CC1. The summed E-state index contributed by atoms with van der Waals surface area (Å²) >= 11 is 0. The Hall–Kier alpha value is -0.0800. The average molecular weight is 296 g/mol. The first-order chi connectivity index (χ1) is 10.1. The summed E-state index contributed by atoms with van der Waals surface area (Å²) in [7, 11) is 1.86. The van der Waals surface area contributed by atoms with Crippen LogP contribution in [0.2, 0.25) is 0 Å². The minimum atomic E-state index is -0.0141. The second kappa shape index (κ2) is 8.53. The predicted molar refractivity (Wildman–Crippen MR) is 88.3 cm³/mol. The van der Waals surface area contributed by atoms with Crippen molar-refractivity contribution in [3.63, 3.8) is 0 Å². The van der Waals surface area contributed by atoms with Gasteiger partial charge in [0.15, 0.2) is 0 Å². The van der Waals surface area contributed by atoms with Crippen molar-refractivity contribution >= 4 is 0 Å². The first-order valence-electron chi connectivity index (χ1n) is 9.34. The van der Waals surface area contributed by atoms with Crippen molar-refractivity contribution in [3.8, 4) is 0 Å². The van der Waals surface area contributed by atoms with Gasteiger partial charge in [0.05, 0.1) is 12.2 Å². The molecule has 1 N–H and O–H groups in total. The average Bonchev–Trinajstić information content (AvgIpc) is 2.53. The zero-order valence-electron chi connectivity index (χ0n) is 14.4. The van der Waals surface area contributed by atoms with Gasteiger partial charge in [-0.25, -0.2) is 0 Å². The van der Waals surface area contributed by atoms with Crippen LogP contribution in [-0.2, 0) is 4.74 Å². The third-order valence-electron chi connectivity index (χ3n) is 6.46. The van der Waals surface area contributed by atoms with Crippen molar-refractivity contribution < 1.29 is 9.84 Å². The molecule has 2 aliphatic carbocycles. The van der Waals surface area contributed by atoms with Crippen LogP contribution in [0.3, 0.4) is 0 Å². The Balaban J connectivity index is 1.78. The number of methoxy groups -OCH3 is 1. The molecule has 2 fully saturated rings. The maximum atomic E-state index is 9.68. The van der Waals surface area contributed by atoms with E-state index < -0.39 is 0 Å². The Morgan fingerprint density at radius 1 is 0.952 bits per heavy atom. The van der Waals surface area contributed by atoms with E-state index in [2.05, 4.69) is 13.8 Å². The van der Waals surface area contributed by atoms with E-state index >= 15 is 0 Å². The Labute approximate surface area is 131 Å². The molecule has 2 nitrogen and oxygen atoms in total. The molecule has 2 heteroatoms. The lowest BCUT2D eigenvalue weighted by atomic mass is 9.70. The summed E-state index contributed by atoms with van der Waals surface area (Å²) in [6.45, 7) is 4.84. The molecule has 0 saturated heterocycles. The lowest BCUT2D eigenvalue weighted by Crippen LogP contribution is -2.29. The Kier molecular flexibility index (Phi) is 7.01. The van der Waals surface area contributed by atoms with Gasteiger partial charge in [-0.15, -0.1) is 0 Å². The smallest absolute Gasteiger partial charge is 0.0571 e. The van der Waals surface area contributed by atoms with E-state index in [4.69, 9.17) is 4.74 Å². The fourth-order valence-electron chi connectivity index (χ4n) is 4.83. The highest BCUT2D eigenvalue weighted by Crippen LogP contribution is 2.39. The van der Waals surface area contributed by atoms with E-state index in [1.165, 1.54) is 51.4 Å². The zero-order valence-corrected chi connectivity index (χ0v) is 14.4. The van der Waals surface area contributed by atoms with Crippen molar-refractivity contribution in [1.29, 1.82) is 0 Å². The molecule has 0 bridgehead atoms. The number of aliphatic hydroxyl groups is 1. The van der Waals surface area contributed by atoms with Crippen molar-refractivity contribution in [2.24, 2.45) is 23.7 Å². The van der Waals surface area contributed by atoms with Gasteiger partial charge in [0, 0.05) is 7.11 Å². The molecule has 124 valence electrons. The molecule has 0 radical (unpaired) electrons. The van der Waals surface area contributed by atoms with Crippen LogP contribution in [0.25, 0.3) is 0 Å². The standard InChI is InChI=1S/C19H36O2/c1-4-15(17-7-11-19(21-3)12-8-17)13-14(2)16-5-9-18(20)10-6-16/h14-20H,4-13H2,1-3H3. The van der Waals surface area contributed by atoms with Crippen LogP contribution in [-0.4, -0.2) is 24.4 Å². The van der Waals surface area contributed by atoms with Gasteiger partial charge in [-0.05, 0) is 81.5 Å². The summed E-state index contributed by atoms with van der Waals surface area (Å²) in [6.07, 6.45) is 13.1. The van der Waals surface area contributed by atoms with E-state index in [9.17, 15) is 5.11 Å². The predicted octanol–water partition coefficient (Wildman–Crippen LogP) is 4.80. The number of hydrogen-bond acceptors (Lipinski definition) is 2. The van der Waals surface area contributed by atoms with Gasteiger partial charge in [0.25, 0.3) is 0 Å². The molecule has 0 amide bonds. The first-order valence-corrected chi connectivity index (χ1v) is 9.34. The molecule has 0 heterocycles. The molecule has 0 aromatic carbocycles. The van der Waals surface area contributed by atoms with E-state index in [1.54, 1.807) is 0 Å². The highest BCUT2D eigenvalue weighted by atomic mass is 16.5. The van der Waals surface area contributed by atoms with Crippen LogP contribution >= 0.6 is 0 Å². The van der Waals surface area contributed by atoms with Crippen molar-refractivity contribution in [1.82, 2.24) is 0 Å². The number of aliphatic hydroxyl groups excluding tert-OH is 1. The second-order valence-electron chi connectivity index (χ2n) is 7.72. The molecule has 0 spiro atoms.